The molecule has 2 aromatic rings. The lowest BCUT2D eigenvalue weighted by molar-refractivity contribution is 0.144. The molecule has 0 radical (unpaired) electrons. The molecule has 2 N–H and O–H groups in total. The second-order valence-corrected chi connectivity index (χ2v) is 4.65. The highest BCUT2D eigenvalue weighted by atomic mass is 19.1. The van der Waals surface area contributed by atoms with Gasteiger partial charge < -0.3 is 5.11 Å². The molecule has 0 spiro atoms. The smallest absolute Gasteiger partial charge is 0.407 e. The summed E-state index contributed by atoms with van der Waals surface area (Å²) in [4.78, 5) is 12.2. The summed E-state index contributed by atoms with van der Waals surface area (Å²) in [5.74, 6) is -0.353. The van der Waals surface area contributed by atoms with Crippen molar-refractivity contribution in [3.8, 4) is 11.3 Å². The number of amides is 1. The summed E-state index contributed by atoms with van der Waals surface area (Å²) < 4.78 is 13.9. The lowest BCUT2D eigenvalue weighted by Crippen LogP contribution is -2.23. The molecular formula is C13H12FN3O2. The van der Waals surface area contributed by atoms with E-state index in [-0.39, 0.29) is 18.9 Å². The number of nitrogens with zero attached hydrogens (tertiary/aromatic N) is 2. The molecule has 2 heterocycles. The number of halogens is 1. The fourth-order valence-corrected chi connectivity index (χ4v) is 2.32. The quantitative estimate of drug-likeness (QED) is 0.828. The van der Waals surface area contributed by atoms with Gasteiger partial charge in [-0.3, -0.25) is 10.00 Å². The van der Waals surface area contributed by atoms with Gasteiger partial charge in [0.05, 0.1) is 18.8 Å². The lowest BCUT2D eigenvalue weighted by atomic mass is 10.0. The first-order valence-electron chi connectivity index (χ1n) is 5.87. The molecule has 0 fully saturated rings. The number of nitrogens with one attached hydrogen (secondary N) is 1. The van der Waals surface area contributed by atoms with Crippen molar-refractivity contribution in [1.29, 1.82) is 0 Å². The molecule has 6 heteroatoms. The third-order valence-corrected chi connectivity index (χ3v) is 3.30. The highest BCUT2D eigenvalue weighted by molar-refractivity contribution is 5.70. The van der Waals surface area contributed by atoms with Gasteiger partial charge in [0, 0.05) is 11.1 Å². The van der Waals surface area contributed by atoms with E-state index < -0.39 is 6.09 Å². The van der Waals surface area contributed by atoms with Crippen LogP contribution in [-0.4, -0.2) is 26.3 Å². The number of hydrogen-bond donors (Lipinski definition) is 2. The first-order valence-corrected chi connectivity index (χ1v) is 5.87. The Kier molecular flexibility index (Phi) is 2.51. The number of aromatic nitrogens is 2. The standard InChI is InChI=1S/C13H12FN3O2/c1-7-2-3-10(14)8(4-7)12-9-5-17(13(18)19)6-11(9)15-16-12/h2-4H,5-6H2,1H3,(H,15,16)(H,18,19). The number of aromatic amines is 1. The summed E-state index contributed by atoms with van der Waals surface area (Å²) in [5.41, 5.74) is 3.33. The zero-order valence-corrected chi connectivity index (χ0v) is 10.3. The minimum Gasteiger partial charge on any atom is -0.465 e. The van der Waals surface area contributed by atoms with Crippen LogP contribution in [0.4, 0.5) is 9.18 Å². The topological polar surface area (TPSA) is 69.2 Å². The minimum atomic E-state index is -0.986. The van der Waals surface area contributed by atoms with Crippen LogP contribution < -0.4 is 0 Å². The summed E-state index contributed by atoms with van der Waals surface area (Å²) in [6.45, 7) is 2.38. The number of carbonyl (C=O) groups is 1. The van der Waals surface area contributed by atoms with Crippen LogP contribution in [0.3, 0.4) is 0 Å². The monoisotopic (exact) mass is 261 g/mol. The lowest BCUT2D eigenvalue weighted by Gasteiger charge is -2.10. The van der Waals surface area contributed by atoms with Crippen LogP contribution in [0.5, 0.6) is 0 Å². The van der Waals surface area contributed by atoms with E-state index in [1.165, 1.54) is 11.0 Å². The molecule has 1 aliphatic rings. The molecule has 1 aromatic carbocycles. The molecule has 0 atom stereocenters. The van der Waals surface area contributed by atoms with Crippen LogP contribution in [0.25, 0.3) is 11.3 Å². The average molecular weight is 261 g/mol. The van der Waals surface area contributed by atoms with E-state index in [9.17, 15) is 9.18 Å². The second-order valence-electron chi connectivity index (χ2n) is 4.65. The van der Waals surface area contributed by atoms with Gasteiger partial charge in [-0.2, -0.15) is 5.10 Å². The zero-order chi connectivity index (χ0) is 13.6. The fourth-order valence-electron chi connectivity index (χ4n) is 2.32. The van der Waals surface area contributed by atoms with Crippen molar-refractivity contribution in [2.75, 3.05) is 0 Å². The van der Waals surface area contributed by atoms with Crippen LogP contribution in [0.1, 0.15) is 16.8 Å². The first-order chi connectivity index (χ1) is 9.06. The zero-order valence-electron chi connectivity index (χ0n) is 10.3. The van der Waals surface area contributed by atoms with Gasteiger partial charge in [-0.15, -0.1) is 0 Å². The number of H-pyrrole nitrogens is 1. The molecule has 0 unspecified atom stereocenters. The molecule has 0 aliphatic carbocycles. The van der Waals surface area contributed by atoms with E-state index in [4.69, 9.17) is 5.11 Å². The maximum absolute atomic E-state index is 13.9. The van der Waals surface area contributed by atoms with Gasteiger partial charge in [0.15, 0.2) is 0 Å². The van der Waals surface area contributed by atoms with Crippen LogP contribution in [0, 0.1) is 12.7 Å². The predicted octanol–water partition coefficient (Wildman–Crippen LogP) is 2.52. The van der Waals surface area contributed by atoms with E-state index in [1.807, 2.05) is 6.92 Å². The van der Waals surface area contributed by atoms with Crippen molar-refractivity contribution in [3.05, 3.63) is 40.8 Å². The summed E-state index contributed by atoms with van der Waals surface area (Å²) in [5, 5.41) is 15.9. The van der Waals surface area contributed by atoms with Gasteiger partial charge in [-0.05, 0) is 19.1 Å². The molecule has 98 valence electrons. The van der Waals surface area contributed by atoms with Crippen molar-refractivity contribution >= 4 is 6.09 Å². The largest absolute Gasteiger partial charge is 0.465 e. The Morgan fingerprint density at radius 3 is 3.00 bits per heavy atom. The molecule has 0 bridgehead atoms. The Morgan fingerprint density at radius 1 is 1.47 bits per heavy atom. The predicted molar refractivity (Wildman–Crippen MR) is 66.0 cm³/mol. The van der Waals surface area contributed by atoms with E-state index in [1.54, 1.807) is 12.1 Å². The van der Waals surface area contributed by atoms with Crippen LogP contribution in [-0.2, 0) is 13.1 Å². The number of aryl methyl sites for hydroxylation is 1. The van der Waals surface area contributed by atoms with E-state index in [0.717, 1.165) is 16.8 Å². The average Bonchev–Trinajstić information content (AvgIpc) is 2.92. The van der Waals surface area contributed by atoms with E-state index in [2.05, 4.69) is 10.2 Å². The van der Waals surface area contributed by atoms with Crippen molar-refractivity contribution in [3.63, 3.8) is 0 Å². The van der Waals surface area contributed by atoms with Crippen molar-refractivity contribution in [2.24, 2.45) is 0 Å². The molecule has 3 rings (SSSR count). The van der Waals surface area contributed by atoms with Crippen molar-refractivity contribution < 1.29 is 14.3 Å². The Bertz CT molecular complexity index is 666. The SMILES string of the molecule is Cc1ccc(F)c(-c2n[nH]c3c2CN(C(=O)O)C3)c1. The van der Waals surface area contributed by atoms with Crippen molar-refractivity contribution in [1.82, 2.24) is 15.1 Å². The molecule has 1 aromatic heterocycles. The van der Waals surface area contributed by atoms with E-state index in [0.29, 0.717) is 11.3 Å². The normalized spacial score (nSPS) is 13.7. The maximum atomic E-state index is 13.9. The van der Waals surface area contributed by atoms with Crippen molar-refractivity contribution in [2.45, 2.75) is 20.0 Å². The van der Waals surface area contributed by atoms with Gasteiger partial charge >= 0.3 is 6.09 Å². The van der Waals surface area contributed by atoms with Gasteiger partial charge in [0.2, 0.25) is 0 Å². The molecule has 1 aliphatic heterocycles. The van der Waals surface area contributed by atoms with Gasteiger partial charge in [0.25, 0.3) is 0 Å². The minimum absolute atomic E-state index is 0.240. The third kappa shape index (κ3) is 1.85. The van der Waals surface area contributed by atoms with E-state index >= 15 is 0 Å². The highest BCUT2D eigenvalue weighted by Gasteiger charge is 2.29. The highest BCUT2D eigenvalue weighted by Crippen LogP contribution is 2.32. The Hall–Kier alpha value is -2.37. The van der Waals surface area contributed by atoms with Crippen LogP contribution >= 0.6 is 0 Å². The Labute approximate surface area is 108 Å². The third-order valence-electron chi connectivity index (χ3n) is 3.30. The summed E-state index contributed by atoms with van der Waals surface area (Å²) in [6.07, 6.45) is -0.986. The number of rotatable bonds is 1. The molecule has 1 amide bonds. The Morgan fingerprint density at radius 2 is 2.26 bits per heavy atom. The van der Waals surface area contributed by atoms with Gasteiger partial charge in [-0.25, -0.2) is 9.18 Å². The second kappa shape index (κ2) is 4.08. The molecule has 19 heavy (non-hydrogen) atoms. The molecule has 0 saturated carbocycles. The number of benzene rings is 1. The Balaban J connectivity index is 2.05. The fraction of sp³-hybridized carbons (Fsp3) is 0.231. The van der Waals surface area contributed by atoms with Gasteiger partial charge in [-0.1, -0.05) is 11.6 Å². The van der Waals surface area contributed by atoms with Crippen LogP contribution in [0.15, 0.2) is 18.2 Å². The number of fused-ring (bicyclic) bond motifs is 1. The summed E-state index contributed by atoms with van der Waals surface area (Å²) >= 11 is 0. The van der Waals surface area contributed by atoms with Gasteiger partial charge in [0.1, 0.15) is 11.5 Å². The number of carboxylic acid groups (broad SMARTS) is 1. The molecule has 5 nitrogen and oxygen atoms in total. The first kappa shape index (κ1) is 11.7. The number of hydrogen-bond acceptors (Lipinski definition) is 2. The summed E-state index contributed by atoms with van der Waals surface area (Å²) in [7, 11) is 0. The maximum Gasteiger partial charge on any atom is 0.407 e. The van der Waals surface area contributed by atoms with Crippen LogP contribution in [0.2, 0.25) is 0 Å². The summed E-state index contributed by atoms with van der Waals surface area (Å²) in [6, 6.07) is 4.81. The molecular weight excluding hydrogens is 249 g/mol. The molecule has 0 saturated heterocycles.